The number of hydrogen-bond acceptors (Lipinski definition) is 6. The average molecular weight is 314 g/mol. The molecule has 1 aromatic carbocycles. The number of nitrogens with one attached hydrogen (secondary N) is 2. The summed E-state index contributed by atoms with van der Waals surface area (Å²) in [5.41, 5.74) is 2.66. The molecular weight excluding hydrogens is 302 g/mol. The molecule has 2 aromatic heterocycles. The molecule has 0 amide bonds. The number of imidazole rings is 1. The molecule has 0 atom stereocenters. The minimum absolute atomic E-state index is 0.301. The molecule has 0 saturated carbocycles. The highest BCUT2D eigenvalue weighted by molar-refractivity contribution is 6.32. The Balaban J connectivity index is 2.23. The molecule has 3 aromatic rings. The molecule has 0 spiro atoms. The summed E-state index contributed by atoms with van der Waals surface area (Å²) >= 11 is 6.20. The zero-order valence-corrected chi connectivity index (χ0v) is 12.7. The van der Waals surface area contributed by atoms with Gasteiger partial charge in [0.2, 0.25) is 5.95 Å². The summed E-state index contributed by atoms with van der Waals surface area (Å²) in [6.45, 7) is 0. The van der Waals surface area contributed by atoms with E-state index in [4.69, 9.17) is 16.9 Å². The first-order valence-corrected chi connectivity index (χ1v) is 6.86. The van der Waals surface area contributed by atoms with E-state index >= 15 is 0 Å². The van der Waals surface area contributed by atoms with Crippen molar-refractivity contribution in [1.29, 1.82) is 5.26 Å². The zero-order chi connectivity index (χ0) is 15.7. The second-order valence-electron chi connectivity index (χ2n) is 4.47. The maximum absolute atomic E-state index is 9.04. The van der Waals surface area contributed by atoms with Gasteiger partial charge in [0, 0.05) is 14.1 Å². The minimum atomic E-state index is 0.301. The molecule has 8 heteroatoms. The number of fused-ring (bicyclic) bond motifs is 1. The van der Waals surface area contributed by atoms with E-state index in [1.165, 1.54) is 0 Å². The molecule has 7 nitrogen and oxygen atoms in total. The molecule has 0 aliphatic carbocycles. The predicted molar refractivity (Wildman–Crippen MR) is 85.5 cm³/mol. The number of rotatable bonds is 3. The summed E-state index contributed by atoms with van der Waals surface area (Å²) in [6.07, 6.45) is 1.61. The lowest BCUT2D eigenvalue weighted by atomic mass is 10.2. The largest absolute Gasteiger partial charge is 0.383 e. The summed E-state index contributed by atoms with van der Waals surface area (Å²) in [7, 11) is 3.50. The van der Waals surface area contributed by atoms with Crippen LogP contribution >= 0.6 is 11.6 Å². The monoisotopic (exact) mass is 313 g/mol. The topological polar surface area (TPSA) is 91.5 Å². The van der Waals surface area contributed by atoms with Crippen LogP contribution in [0.25, 0.3) is 17.0 Å². The van der Waals surface area contributed by atoms with Gasteiger partial charge in [0.15, 0.2) is 11.0 Å². The van der Waals surface area contributed by atoms with Crippen LogP contribution < -0.4 is 10.6 Å². The Morgan fingerprint density at radius 1 is 1.23 bits per heavy atom. The maximum Gasteiger partial charge on any atom is 0.238 e. The van der Waals surface area contributed by atoms with Crippen LogP contribution in [0.3, 0.4) is 0 Å². The lowest BCUT2D eigenvalue weighted by Gasteiger charge is -2.11. The van der Waals surface area contributed by atoms with Crippen molar-refractivity contribution in [2.45, 2.75) is 0 Å². The quantitative estimate of drug-likeness (QED) is 0.722. The first-order chi connectivity index (χ1) is 10.7. The van der Waals surface area contributed by atoms with Crippen LogP contribution in [0, 0.1) is 11.3 Å². The Morgan fingerprint density at radius 3 is 2.73 bits per heavy atom. The number of hydrogen-bond donors (Lipinski definition) is 2. The van der Waals surface area contributed by atoms with Crippen LogP contribution in [-0.2, 0) is 0 Å². The fourth-order valence-electron chi connectivity index (χ4n) is 2.17. The highest BCUT2D eigenvalue weighted by atomic mass is 35.5. The molecule has 0 aliphatic rings. The SMILES string of the molecule is CNc1nc(-n2cnc3ccc(C#N)cc32)nc(Cl)c1NC. The van der Waals surface area contributed by atoms with Gasteiger partial charge in [-0.25, -0.2) is 4.98 Å². The van der Waals surface area contributed by atoms with E-state index in [0.717, 1.165) is 11.0 Å². The number of benzene rings is 1. The second-order valence-corrected chi connectivity index (χ2v) is 4.83. The average Bonchev–Trinajstić information content (AvgIpc) is 2.96. The molecule has 2 heterocycles. The first-order valence-electron chi connectivity index (χ1n) is 6.48. The maximum atomic E-state index is 9.04. The summed E-state index contributed by atoms with van der Waals surface area (Å²) in [5.74, 6) is 0.960. The molecule has 0 unspecified atom stereocenters. The summed E-state index contributed by atoms with van der Waals surface area (Å²) in [4.78, 5) is 13.0. The molecule has 22 heavy (non-hydrogen) atoms. The van der Waals surface area contributed by atoms with Gasteiger partial charge in [-0.1, -0.05) is 11.6 Å². The number of nitrogens with zero attached hydrogens (tertiary/aromatic N) is 5. The van der Waals surface area contributed by atoms with Crippen LogP contribution in [0.5, 0.6) is 0 Å². The Kier molecular flexibility index (Phi) is 3.53. The van der Waals surface area contributed by atoms with E-state index in [-0.39, 0.29) is 0 Å². The molecule has 3 rings (SSSR count). The van der Waals surface area contributed by atoms with E-state index < -0.39 is 0 Å². The van der Waals surface area contributed by atoms with Crippen molar-refractivity contribution in [2.24, 2.45) is 0 Å². The normalized spacial score (nSPS) is 10.5. The third-order valence-electron chi connectivity index (χ3n) is 3.23. The van der Waals surface area contributed by atoms with E-state index in [9.17, 15) is 0 Å². The standard InChI is InChI=1S/C14H12ClN7/c1-17-11-12(15)20-14(21-13(11)18-2)22-7-19-9-4-3-8(6-16)5-10(9)22/h3-5,7,17H,1-2H3,(H,18,20,21). The lowest BCUT2D eigenvalue weighted by molar-refractivity contribution is 0.950. The lowest BCUT2D eigenvalue weighted by Crippen LogP contribution is -2.07. The fraction of sp³-hybridized carbons (Fsp3) is 0.143. The highest BCUT2D eigenvalue weighted by Gasteiger charge is 2.14. The van der Waals surface area contributed by atoms with Gasteiger partial charge in [0.1, 0.15) is 12.0 Å². The van der Waals surface area contributed by atoms with Gasteiger partial charge in [-0.2, -0.15) is 15.2 Å². The van der Waals surface area contributed by atoms with Crippen LogP contribution in [0.15, 0.2) is 24.5 Å². The van der Waals surface area contributed by atoms with Gasteiger partial charge in [-0.3, -0.25) is 4.57 Å². The molecule has 0 radical (unpaired) electrons. The molecule has 0 saturated heterocycles. The number of anilines is 2. The Morgan fingerprint density at radius 2 is 2.05 bits per heavy atom. The highest BCUT2D eigenvalue weighted by Crippen LogP contribution is 2.28. The summed E-state index contributed by atoms with van der Waals surface area (Å²) in [5, 5.41) is 15.3. The molecule has 0 bridgehead atoms. The van der Waals surface area contributed by atoms with Crippen LogP contribution in [0.2, 0.25) is 5.15 Å². The van der Waals surface area contributed by atoms with Crippen molar-refractivity contribution in [3.05, 3.63) is 35.2 Å². The minimum Gasteiger partial charge on any atom is -0.383 e. The molecule has 0 fully saturated rings. The van der Waals surface area contributed by atoms with Crippen LogP contribution in [0.4, 0.5) is 11.5 Å². The Bertz CT molecular complexity index is 894. The van der Waals surface area contributed by atoms with E-state index in [2.05, 4.69) is 31.7 Å². The molecular formula is C14H12ClN7. The van der Waals surface area contributed by atoms with Crippen molar-refractivity contribution in [3.63, 3.8) is 0 Å². The van der Waals surface area contributed by atoms with Gasteiger partial charge in [0.05, 0.1) is 22.7 Å². The summed E-state index contributed by atoms with van der Waals surface area (Å²) < 4.78 is 1.70. The predicted octanol–water partition coefficient (Wildman–Crippen LogP) is 2.42. The number of aromatic nitrogens is 4. The van der Waals surface area contributed by atoms with Gasteiger partial charge in [-0.05, 0) is 18.2 Å². The van der Waals surface area contributed by atoms with Crippen molar-refractivity contribution >= 4 is 34.1 Å². The van der Waals surface area contributed by atoms with E-state index in [0.29, 0.717) is 28.2 Å². The number of halogens is 1. The summed E-state index contributed by atoms with van der Waals surface area (Å²) in [6, 6.07) is 7.35. The Labute approximate surface area is 131 Å². The molecule has 110 valence electrons. The Hall–Kier alpha value is -2.85. The van der Waals surface area contributed by atoms with Crippen LogP contribution in [-0.4, -0.2) is 33.6 Å². The van der Waals surface area contributed by atoms with E-state index in [1.807, 2.05) is 0 Å². The molecule has 2 N–H and O–H groups in total. The second kappa shape index (κ2) is 5.50. The van der Waals surface area contributed by atoms with Gasteiger partial charge in [-0.15, -0.1) is 0 Å². The van der Waals surface area contributed by atoms with Crippen molar-refractivity contribution in [2.75, 3.05) is 24.7 Å². The van der Waals surface area contributed by atoms with E-state index in [1.54, 1.807) is 43.2 Å². The van der Waals surface area contributed by atoms with Crippen molar-refractivity contribution in [3.8, 4) is 12.0 Å². The molecule has 0 aliphatic heterocycles. The van der Waals surface area contributed by atoms with Crippen molar-refractivity contribution in [1.82, 2.24) is 19.5 Å². The van der Waals surface area contributed by atoms with Crippen molar-refractivity contribution < 1.29 is 0 Å². The zero-order valence-electron chi connectivity index (χ0n) is 11.9. The fourth-order valence-corrected chi connectivity index (χ4v) is 2.43. The number of nitriles is 1. The smallest absolute Gasteiger partial charge is 0.238 e. The third-order valence-corrected chi connectivity index (χ3v) is 3.51. The first kappa shape index (κ1) is 14.1. The van der Waals surface area contributed by atoms with Gasteiger partial charge < -0.3 is 10.6 Å². The van der Waals surface area contributed by atoms with Gasteiger partial charge in [0.25, 0.3) is 0 Å². The third kappa shape index (κ3) is 2.19. The van der Waals surface area contributed by atoms with Gasteiger partial charge >= 0.3 is 0 Å². The van der Waals surface area contributed by atoms with Crippen LogP contribution in [0.1, 0.15) is 5.56 Å².